The van der Waals surface area contributed by atoms with Crippen molar-refractivity contribution in [2.75, 3.05) is 13.7 Å². The van der Waals surface area contributed by atoms with E-state index in [0.717, 1.165) is 34.9 Å². The highest BCUT2D eigenvalue weighted by atomic mass is 19.4. The second-order valence-electron chi connectivity index (χ2n) is 8.64. The molecule has 0 N–H and O–H groups in total. The number of hydrogen-bond acceptors (Lipinski definition) is 6. The molecule has 2 aromatic heterocycles. The molecule has 35 heavy (non-hydrogen) atoms. The number of rotatable bonds is 3. The van der Waals surface area contributed by atoms with Crippen molar-refractivity contribution in [1.29, 1.82) is 0 Å². The summed E-state index contributed by atoms with van der Waals surface area (Å²) in [5.74, 6) is 0.962. The minimum Gasteiger partial charge on any atom is -0.497 e. The minimum absolute atomic E-state index is 0.100. The number of hydrogen-bond donors (Lipinski definition) is 0. The summed E-state index contributed by atoms with van der Waals surface area (Å²) in [5.41, 5.74) is 2.49. The molecule has 0 fully saturated rings. The monoisotopic (exact) mass is 480 g/mol. The standard InChI is InChI=1S/C24H19F3N6O2/c1-23(14-4-3-5-15(8-14)24(25,26)27)12-35-22(30-23)21-20-9-16-11-29-31-33(16)19-10-17(34-2)6-7-18(19)32(20)13-28-21/h3-8,10-11,13H,9,12H2,1-2H3. The number of aromatic nitrogens is 5. The fraction of sp³-hybridized carbons (Fsp3) is 0.250. The normalized spacial score (nSPS) is 18.7. The summed E-state index contributed by atoms with van der Waals surface area (Å²) in [4.78, 5) is 9.30. The molecule has 0 aliphatic carbocycles. The Morgan fingerprint density at radius 1 is 1.11 bits per heavy atom. The lowest BCUT2D eigenvalue weighted by Gasteiger charge is -2.20. The van der Waals surface area contributed by atoms with Crippen molar-refractivity contribution in [2.45, 2.75) is 25.1 Å². The van der Waals surface area contributed by atoms with Crippen molar-refractivity contribution in [3.8, 4) is 17.1 Å². The van der Waals surface area contributed by atoms with Crippen LogP contribution in [-0.2, 0) is 22.9 Å². The van der Waals surface area contributed by atoms with Gasteiger partial charge in [-0.3, -0.25) is 4.57 Å². The second kappa shape index (κ2) is 7.42. The molecule has 0 bridgehead atoms. The highest BCUT2D eigenvalue weighted by Gasteiger charge is 2.39. The molecule has 178 valence electrons. The van der Waals surface area contributed by atoms with Gasteiger partial charge in [-0.2, -0.15) is 13.2 Å². The lowest BCUT2D eigenvalue weighted by atomic mass is 9.92. The molecular formula is C24H19F3N6O2. The molecule has 2 aromatic carbocycles. The SMILES string of the molecule is COc1ccc2c(c1)-n1nncc1Cc1c(C3=NC(C)(c4cccc(C(F)(F)F)c4)CO3)ncn1-2. The Bertz CT molecular complexity index is 1490. The van der Waals surface area contributed by atoms with Gasteiger partial charge in [0.1, 0.15) is 29.9 Å². The summed E-state index contributed by atoms with van der Waals surface area (Å²) in [6, 6.07) is 10.8. The number of ether oxygens (including phenoxy) is 2. The number of methoxy groups -OCH3 is 1. The summed E-state index contributed by atoms with van der Waals surface area (Å²) < 4.78 is 54.8. The first kappa shape index (κ1) is 21.4. The van der Waals surface area contributed by atoms with Crippen LogP contribution in [-0.4, -0.2) is 44.2 Å². The first-order chi connectivity index (χ1) is 16.8. The van der Waals surface area contributed by atoms with E-state index in [-0.39, 0.29) is 12.5 Å². The molecule has 1 atom stereocenters. The van der Waals surface area contributed by atoms with Gasteiger partial charge in [0.2, 0.25) is 5.90 Å². The largest absolute Gasteiger partial charge is 0.497 e. The third-order valence-corrected chi connectivity index (χ3v) is 6.36. The zero-order valence-electron chi connectivity index (χ0n) is 18.7. The summed E-state index contributed by atoms with van der Waals surface area (Å²) in [5, 5.41) is 8.30. The molecule has 6 rings (SSSR count). The van der Waals surface area contributed by atoms with E-state index in [0.29, 0.717) is 23.4 Å². The van der Waals surface area contributed by atoms with Crippen molar-refractivity contribution >= 4 is 5.90 Å². The van der Waals surface area contributed by atoms with Gasteiger partial charge in [0.05, 0.1) is 41.6 Å². The maximum absolute atomic E-state index is 13.3. The van der Waals surface area contributed by atoms with E-state index in [2.05, 4.69) is 15.3 Å². The first-order valence-corrected chi connectivity index (χ1v) is 10.8. The average molecular weight is 480 g/mol. The molecule has 0 saturated heterocycles. The van der Waals surface area contributed by atoms with Gasteiger partial charge < -0.3 is 9.47 Å². The second-order valence-corrected chi connectivity index (χ2v) is 8.64. The van der Waals surface area contributed by atoms with Crippen molar-refractivity contribution in [3.05, 3.63) is 83.2 Å². The summed E-state index contributed by atoms with van der Waals surface area (Å²) >= 11 is 0. The minimum atomic E-state index is -4.44. The molecule has 0 radical (unpaired) electrons. The lowest BCUT2D eigenvalue weighted by molar-refractivity contribution is -0.137. The Morgan fingerprint density at radius 3 is 2.77 bits per heavy atom. The maximum Gasteiger partial charge on any atom is 0.416 e. The number of fused-ring (bicyclic) bond motifs is 5. The molecule has 8 nitrogen and oxygen atoms in total. The summed E-state index contributed by atoms with van der Waals surface area (Å²) in [6.45, 7) is 1.86. The highest BCUT2D eigenvalue weighted by molar-refractivity contribution is 5.95. The fourth-order valence-electron chi connectivity index (χ4n) is 4.48. The van der Waals surface area contributed by atoms with E-state index in [1.54, 1.807) is 37.3 Å². The Balaban J connectivity index is 1.45. The van der Waals surface area contributed by atoms with Crippen LogP contribution in [0.4, 0.5) is 13.2 Å². The van der Waals surface area contributed by atoms with E-state index in [9.17, 15) is 13.2 Å². The Hall–Kier alpha value is -4.15. The Kier molecular flexibility index (Phi) is 4.54. The van der Waals surface area contributed by atoms with Crippen LogP contribution in [0.5, 0.6) is 5.75 Å². The molecule has 4 aromatic rings. The molecule has 11 heteroatoms. The van der Waals surface area contributed by atoms with Crippen LogP contribution in [0.25, 0.3) is 11.4 Å². The number of benzene rings is 2. The van der Waals surface area contributed by atoms with E-state index in [1.165, 1.54) is 6.07 Å². The Labute approximate surface area is 197 Å². The van der Waals surface area contributed by atoms with Crippen molar-refractivity contribution in [3.63, 3.8) is 0 Å². The van der Waals surface area contributed by atoms with Gasteiger partial charge >= 0.3 is 6.18 Å². The molecule has 2 aliphatic heterocycles. The maximum atomic E-state index is 13.3. The Morgan fingerprint density at radius 2 is 1.97 bits per heavy atom. The fourth-order valence-corrected chi connectivity index (χ4v) is 4.48. The summed E-state index contributed by atoms with van der Waals surface area (Å²) in [6.07, 6.45) is -0.629. The lowest BCUT2D eigenvalue weighted by Crippen LogP contribution is -2.21. The zero-order chi connectivity index (χ0) is 24.4. The van der Waals surface area contributed by atoms with Gasteiger partial charge in [0, 0.05) is 12.5 Å². The van der Waals surface area contributed by atoms with Crippen molar-refractivity contribution < 1.29 is 22.6 Å². The van der Waals surface area contributed by atoms with Crippen LogP contribution in [0.2, 0.25) is 0 Å². The van der Waals surface area contributed by atoms with E-state index in [1.807, 2.05) is 22.8 Å². The smallest absolute Gasteiger partial charge is 0.416 e. The van der Waals surface area contributed by atoms with E-state index in [4.69, 9.17) is 14.5 Å². The highest BCUT2D eigenvalue weighted by Crippen LogP contribution is 2.37. The zero-order valence-corrected chi connectivity index (χ0v) is 18.7. The predicted molar refractivity (Wildman–Crippen MR) is 119 cm³/mol. The third-order valence-electron chi connectivity index (χ3n) is 6.36. The number of halogens is 3. The number of imidazole rings is 1. The predicted octanol–water partition coefficient (Wildman–Crippen LogP) is 4.08. The van der Waals surface area contributed by atoms with Crippen molar-refractivity contribution in [2.24, 2.45) is 4.99 Å². The van der Waals surface area contributed by atoms with Gasteiger partial charge in [-0.25, -0.2) is 14.7 Å². The number of alkyl halides is 3. The van der Waals surface area contributed by atoms with Gasteiger partial charge in [-0.1, -0.05) is 17.3 Å². The number of aliphatic imine (C=N–C) groups is 1. The van der Waals surface area contributed by atoms with Crippen LogP contribution in [0, 0.1) is 0 Å². The molecule has 0 amide bonds. The quantitative estimate of drug-likeness (QED) is 0.389. The van der Waals surface area contributed by atoms with E-state index < -0.39 is 17.3 Å². The molecular weight excluding hydrogens is 461 g/mol. The van der Waals surface area contributed by atoms with Gasteiger partial charge in [0.25, 0.3) is 0 Å². The molecule has 0 spiro atoms. The number of nitrogens with zero attached hydrogens (tertiary/aromatic N) is 6. The van der Waals surface area contributed by atoms with Crippen LogP contribution in [0.3, 0.4) is 0 Å². The van der Waals surface area contributed by atoms with E-state index >= 15 is 0 Å². The average Bonchev–Trinajstić information content (AvgIpc) is 3.56. The van der Waals surface area contributed by atoms with Crippen LogP contribution in [0.1, 0.15) is 35.1 Å². The van der Waals surface area contributed by atoms with Crippen LogP contribution >= 0.6 is 0 Å². The molecule has 1 unspecified atom stereocenters. The van der Waals surface area contributed by atoms with Gasteiger partial charge in [-0.15, -0.1) is 5.10 Å². The molecule has 0 saturated carbocycles. The van der Waals surface area contributed by atoms with Gasteiger partial charge in [-0.05, 0) is 36.8 Å². The van der Waals surface area contributed by atoms with Crippen LogP contribution < -0.4 is 4.74 Å². The van der Waals surface area contributed by atoms with Crippen LogP contribution in [0.15, 0.2) is 60.0 Å². The molecule has 2 aliphatic rings. The van der Waals surface area contributed by atoms with Gasteiger partial charge in [0.15, 0.2) is 0 Å². The third kappa shape index (κ3) is 3.37. The first-order valence-electron chi connectivity index (χ1n) is 10.8. The molecule has 4 heterocycles. The summed E-state index contributed by atoms with van der Waals surface area (Å²) in [7, 11) is 1.60. The topological polar surface area (TPSA) is 79.3 Å². The van der Waals surface area contributed by atoms with Crippen molar-refractivity contribution in [1.82, 2.24) is 24.5 Å².